The third-order valence-electron chi connectivity index (χ3n) is 4.49. The van der Waals surface area contributed by atoms with Gasteiger partial charge in [0.1, 0.15) is 23.8 Å². The van der Waals surface area contributed by atoms with Crippen LogP contribution in [0.2, 0.25) is 0 Å². The van der Waals surface area contributed by atoms with E-state index in [4.69, 9.17) is 4.74 Å². The van der Waals surface area contributed by atoms with E-state index in [1.54, 1.807) is 24.5 Å². The molecule has 0 radical (unpaired) electrons. The van der Waals surface area contributed by atoms with E-state index in [9.17, 15) is 9.90 Å². The summed E-state index contributed by atoms with van der Waals surface area (Å²) in [5.41, 5.74) is 0.386. The van der Waals surface area contributed by atoms with Gasteiger partial charge in [0, 0.05) is 24.5 Å². The average Bonchev–Trinajstić information content (AvgIpc) is 2.66. The second kappa shape index (κ2) is 8.23. The minimum absolute atomic E-state index is 0.206. The number of nitrogens with zero attached hydrogens (tertiary/aromatic N) is 3. The molecule has 1 aliphatic carbocycles. The predicted octanol–water partition coefficient (Wildman–Crippen LogP) is 2.09. The summed E-state index contributed by atoms with van der Waals surface area (Å²) in [5, 5.41) is 13.5. The van der Waals surface area contributed by atoms with Crippen LogP contribution in [0, 0.1) is 0 Å². The molecule has 3 atom stereocenters. The third-order valence-corrected chi connectivity index (χ3v) is 4.49. The molecule has 1 fully saturated rings. The number of hydrogen-bond donors (Lipinski definition) is 2. The first kappa shape index (κ1) is 18.3. The van der Waals surface area contributed by atoms with Crippen molar-refractivity contribution in [2.24, 2.45) is 0 Å². The maximum Gasteiger partial charge on any atom is 0.254 e. The van der Waals surface area contributed by atoms with Gasteiger partial charge in [-0.3, -0.25) is 9.78 Å². The summed E-state index contributed by atoms with van der Waals surface area (Å²) in [5.74, 6) is 1.23. The van der Waals surface area contributed by atoms with E-state index in [1.807, 2.05) is 13.8 Å². The topological polar surface area (TPSA) is 97.2 Å². The fourth-order valence-corrected chi connectivity index (χ4v) is 3.02. The van der Waals surface area contributed by atoms with E-state index in [1.165, 1.54) is 12.4 Å². The molecule has 2 N–H and O–H groups in total. The molecule has 0 unspecified atom stereocenters. The van der Waals surface area contributed by atoms with Crippen molar-refractivity contribution in [3.8, 4) is 5.75 Å². The van der Waals surface area contributed by atoms with Gasteiger partial charge in [-0.15, -0.1) is 0 Å². The van der Waals surface area contributed by atoms with E-state index >= 15 is 0 Å². The zero-order valence-electron chi connectivity index (χ0n) is 15.0. The Labute approximate surface area is 152 Å². The normalized spacial score (nSPS) is 22.8. The van der Waals surface area contributed by atoms with E-state index in [0.29, 0.717) is 23.6 Å². The molecule has 7 heteroatoms. The number of aliphatic hydroxyl groups excluding tert-OH is 1. The largest absolute Gasteiger partial charge is 0.486 e. The first-order valence-electron chi connectivity index (χ1n) is 8.92. The molecule has 26 heavy (non-hydrogen) atoms. The van der Waals surface area contributed by atoms with Gasteiger partial charge >= 0.3 is 0 Å². The Morgan fingerprint density at radius 3 is 2.69 bits per heavy atom. The molecule has 7 nitrogen and oxygen atoms in total. The summed E-state index contributed by atoms with van der Waals surface area (Å²) in [6.07, 6.45) is 7.45. The van der Waals surface area contributed by atoms with Crippen LogP contribution in [0.15, 0.2) is 36.9 Å². The van der Waals surface area contributed by atoms with E-state index < -0.39 is 6.10 Å². The number of amides is 1. The van der Waals surface area contributed by atoms with Gasteiger partial charge in [0.05, 0.1) is 17.8 Å². The fraction of sp³-hybridized carbons (Fsp3) is 0.474. The molecule has 1 aliphatic rings. The summed E-state index contributed by atoms with van der Waals surface area (Å²) in [4.78, 5) is 24.9. The first-order chi connectivity index (χ1) is 12.5. The summed E-state index contributed by atoms with van der Waals surface area (Å²) < 4.78 is 5.84. The summed E-state index contributed by atoms with van der Waals surface area (Å²) in [6, 6.07) is 3.21. The third kappa shape index (κ3) is 4.35. The van der Waals surface area contributed by atoms with Crippen LogP contribution in [0.4, 0.5) is 0 Å². The van der Waals surface area contributed by atoms with Crippen LogP contribution in [-0.2, 0) is 0 Å². The Bertz CT molecular complexity index is 721. The quantitative estimate of drug-likeness (QED) is 0.851. The van der Waals surface area contributed by atoms with Crippen LogP contribution in [0.25, 0.3) is 0 Å². The highest BCUT2D eigenvalue weighted by atomic mass is 16.5. The molecular formula is C19H24N4O3. The molecule has 2 aromatic rings. The predicted molar refractivity (Wildman–Crippen MR) is 95.9 cm³/mol. The Hall–Kier alpha value is -2.54. The molecule has 138 valence electrons. The van der Waals surface area contributed by atoms with Crippen molar-refractivity contribution in [3.63, 3.8) is 0 Å². The van der Waals surface area contributed by atoms with Crippen molar-refractivity contribution >= 4 is 5.91 Å². The second-order valence-electron chi connectivity index (χ2n) is 6.83. The van der Waals surface area contributed by atoms with Gasteiger partial charge in [0.2, 0.25) is 0 Å². The van der Waals surface area contributed by atoms with Crippen LogP contribution < -0.4 is 10.1 Å². The van der Waals surface area contributed by atoms with E-state index in [0.717, 1.165) is 12.8 Å². The lowest BCUT2D eigenvalue weighted by Gasteiger charge is -2.35. The zero-order chi connectivity index (χ0) is 18.5. The van der Waals surface area contributed by atoms with Crippen LogP contribution in [0.5, 0.6) is 5.75 Å². The SMILES string of the molecule is CC(C)c1ncc(C(=O)N[C@@H]2CCC[C@@H](Oc3cccnc3)[C@@H]2O)cn1. The van der Waals surface area contributed by atoms with E-state index in [2.05, 4.69) is 20.3 Å². The van der Waals surface area contributed by atoms with Gasteiger partial charge in [0.25, 0.3) is 5.91 Å². The number of aromatic nitrogens is 3. The molecule has 2 aromatic heterocycles. The number of ether oxygens (including phenoxy) is 1. The standard InChI is InChI=1S/C19H24N4O3/c1-12(2)18-21-9-13(10-22-18)19(25)23-15-6-3-7-16(17(15)24)26-14-5-4-8-20-11-14/h4-5,8-12,15-17,24H,3,6-7H2,1-2H3,(H,23,25)/t15-,16-,17-/m1/s1. The fourth-order valence-electron chi connectivity index (χ4n) is 3.02. The highest BCUT2D eigenvalue weighted by Gasteiger charge is 2.34. The molecule has 0 aliphatic heterocycles. The van der Waals surface area contributed by atoms with Crippen LogP contribution in [-0.4, -0.2) is 44.2 Å². The van der Waals surface area contributed by atoms with Gasteiger partial charge in [-0.05, 0) is 31.4 Å². The minimum Gasteiger partial charge on any atom is -0.486 e. The monoisotopic (exact) mass is 356 g/mol. The summed E-state index contributed by atoms with van der Waals surface area (Å²) >= 11 is 0. The molecule has 0 saturated heterocycles. The average molecular weight is 356 g/mol. The van der Waals surface area contributed by atoms with E-state index in [-0.39, 0.29) is 24.0 Å². The first-order valence-corrected chi connectivity index (χ1v) is 8.92. The van der Waals surface area contributed by atoms with Crippen molar-refractivity contribution in [2.45, 2.75) is 57.3 Å². The Morgan fingerprint density at radius 2 is 2.04 bits per heavy atom. The lowest BCUT2D eigenvalue weighted by atomic mass is 9.89. The van der Waals surface area contributed by atoms with Crippen LogP contribution in [0.1, 0.15) is 55.2 Å². The number of carbonyl (C=O) groups is 1. The number of pyridine rings is 1. The number of carbonyl (C=O) groups excluding carboxylic acids is 1. The molecule has 0 aromatic carbocycles. The second-order valence-corrected chi connectivity index (χ2v) is 6.83. The van der Waals surface area contributed by atoms with Gasteiger partial charge in [-0.25, -0.2) is 9.97 Å². The summed E-state index contributed by atoms with van der Waals surface area (Å²) in [7, 11) is 0. The van der Waals surface area contributed by atoms with Crippen molar-refractivity contribution in [2.75, 3.05) is 0 Å². The lowest BCUT2D eigenvalue weighted by molar-refractivity contribution is -0.0142. The molecule has 1 amide bonds. The Kier molecular flexibility index (Phi) is 5.78. The maximum atomic E-state index is 12.5. The van der Waals surface area contributed by atoms with Gasteiger partial charge in [-0.1, -0.05) is 13.8 Å². The number of aliphatic hydroxyl groups is 1. The maximum absolute atomic E-state index is 12.5. The van der Waals surface area contributed by atoms with Gasteiger partial charge in [0.15, 0.2) is 0 Å². The van der Waals surface area contributed by atoms with Crippen molar-refractivity contribution in [1.29, 1.82) is 0 Å². The zero-order valence-corrected chi connectivity index (χ0v) is 15.0. The highest BCUT2D eigenvalue weighted by molar-refractivity contribution is 5.93. The van der Waals surface area contributed by atoms with Crippen molar-refractivity contribution < 1.29 is 14.6 Å². The van der Waals surface area contributed by atoms with Crippen molar-refractivity contribution in [1.82, 2.24) is 20.3 Å². The molecular weight excluding hydrogens is 332 g/mol. The Morgan fingerprint density at radius 1 is 1.27 bits per heavy atom. The molecule has 1 saturated carbocycles. The Balaban J connectivity index is 1.62. The molecule has 0 spiro atoms. The van der Waals surface area contributed by atoms with Crippen LogP contribution >= 0.6 is 0 Å². The van der Waals surface area contributed by atoms with Crippen LogP contribution in [0.3, 0.4) is 0 Å². The molecule has 2 heterocycles. The van der Waals surface area contributed by atoms with Gasteiger partial charge < -0.3 is 15.2 Å². The van der Waals surface area contributed by atoms with Crippen molar-refractivity contribution in [3.05, 3.63) is 48.3 Å². The number of rotatable bonds is 5. The number of nitrogens with one attached hydrogen (secondary N) is 1. The minimum atomic E-state index is -0.788. The number of hydrogen-bond acceptors (Lipinski definition) is 6. The summed E-state index contributed by atoms with van der Waals surface area (Å²) in [6.45, 7) is 3.99. The smallest absolute Gasteiger partial charge is 0.254 e. The van der Waals surface area contributed by atoms with Gasteiger partial charge in [-0.2, -0.15) is 0 Å². The molecule has 0 bridgehead atoms. The lowest BCUT2D eigenvalue weighted by Crippen LogP contribution is -2.52. The molecule has 3 rings (SSSR count). The highest BCUT2D eigenvalue weighted by Crippen LogP contribution is 2.24.